The summed E-state index contributed by atoms with van der Waals surface area (Å²) in [6.45, 7) is 12.1. The molecule has 4 aromatic heterocycles. The fraction of sp³-hybridized carbons (Fsp3) is 0.185. The first-order valence-corrected chi connectivity index (χ1v) is 27.6. The minimum Gasteiger partial charge on any atom is -0.486 e. The zero-order valence-electron chi connectivity index (χ0n) is 49.1. The number of benzene rings is 7. The Morgan fingerprint density at radius 1 is 0.685 bits per heavy atom. The predicted molar refractivity (Wildman–Crippen MR) is 300 cm³/mol. The van der Waals surface area contributed by atoms with Gasteiger partial charge in [-0.3, -0.25) is 9.37 Å². The molecule has 1 radical (unpaired) electrons. The zero-order valence-corrected chi connectivity index (χ0v) is 45.5. The first-order chi connectivity index (χ1) is 37.3. The van der Waals surface area contributed by atoms with Gasteiger partial charge in [0, 0.05) is 63.8 Å². The summed E-state index contributed by atoms with van der Waals surface area (Å²) in [7, 11) is -1.74. The van der Waals surface area contributed by atoms with Crippen LogP contribution in [-0.4, -0.2) is 27.6 Å². The third kappa shape index (κ3) is 10.0. The average molecular weight is 1160 g/mol. The third-order valence-corrected chi connectivity index (χ3v) is 15.1. The standard InChI is InChI=1S/C47H36N3O.C18H23FNSi.Ir/c1-30-22-24-33(25-23-30)40-27-26-36-35-18-13-19-37(44(35)51-46(36)49-40)45-48-41-20-11-12-21-42(41)50(45)43-38(31-14-7-5-8-15-31)28-34(47(2,3)4)29-39(43)32-16-9-6-10-17-32;1-12(2)15-10-16(20-11-17(15)21(4,5)6)14-9-7-8-13(3)18(14)19;/h5-18,20-29H,1-4H3;7-8,10-12H,1-6H3;/q2*-1;/i1D3;3D3,12D;. The number of para-hydroxylation sites is 2. The Labute approximate surface area is 453 Å². The molecule has 5 nitrogen and oxygen atoms in total. The van der Waals surface area contributed by atoms with Gasteiger partial charge in [0.25, 0.3) is 0 Å². The smallest absolute Gasteiger partial charge is 0.216 e. The number of hydrogen-bond acceptors (Lipinski definition) is 4. The molecule has 0 fully saturated rings. The molecule has 0 atom stereocenters. The van der Waals surface area contributed by atoms with Crippen molar-refractivity contribution in [2.45, 2.75) is 79.3 Å². The van der Waals surface area contributed by atoms with Crippen molar-refractivity contribution in [3.8, 4) is 61.8 Å². The minimum atomic E-state index is -2.54. The second-order valence-electron chi connectivity index (χ2n) is 20.4. The summed E-state index contributed by atoms with van der Waals surface area (Å²) in [5.74, 6) is -0.991. The summed E-state index contributed by atoms with van der Waals surface area (Å²) >= 11 is 0. The molecule has 73 heavy (non-hydrogen) atoms. The SMILES string of the molecule is [2H]C([2H])([2H])c1cc[c-]c(-c2cc(C([2H])(C)C)c([Si](C)(C)C)cn2)c1F.[2H]C([2H])([2H])c1ccc(-c2ccc3c(n2)oc2c(-c4nc5ccccc5n4-c4c(-c5ccccc5)cc(C(C)(C)C)cc4-c4ccccc4)[c-]ccc23)cc1.[Ir]. The van der Waals surface area contributed by atoms with Gasteiger partial charge in [0.2, 0.25) is 5.71 Å². The van der Waals surface area contributed by atoms with Gasteiger partial charge in [-0.2, -0.15) is 0 Å². The Hall–Kier alpha value is -7.09. The van der Waals surface area contributed by atoms with Crippen LogP contribution in [0.2, 0.25) is 19.6 Å². The van der Waals surface area contributed by atoms with E-state index in [9.17, 15) is 4.39 Å². The first kappa shape index (κ1) is 42.4. The van der Waals surface area contributed by atoms with Crippen molar-refractivity contribution in [2.24, 2.45) is 0 Å². The van der Waals surface area contributed by atoms with Gasteiger partial charge in [-0.1, -0.05) is 197 Å². The molecule has 11 aromatic rings. The van der Waals surface area contributed by atoms with Crippen molar-refractivity contribution >= 4 is 46.4 Å². The number of halogens is 1. The zero-order chi connectivity index (χ0) is 56.4. The number of hydrogen-bond donors (Lipinski definition) is 0. The van der Waals surface area contributed by atoms with Gasteiger partial charge in [0.05, 0.1) is 41.9 Å². The monoisotopic (exact) mass is 1160 g/mol. The van der Waals surface area contributed by atoms with E-state index in [1.165, 1.54) is 17.7 Å². The van der Waals surface area contributed by atoms with Crippen LogP contribution in [0, 0.1) is 31.7 Å². The molecule has 7 aromatic carbocycles. The minimum absolute atomic E-state index is 0. The summed E-state index contributed by atoms with van der Waals surface area (Å²) < 4.78 is 77.8. The van der Waals surface area contributed by atoms with Gasteiger partial charge >= 0.3 is 0 Å². The van der Waals surface area contributed by atoms with Crippen molar-refractivity contribution in [2.75, 3.05) is 0 Å². The molecular weight excluding hydrogens is 1090 g/mol. The Bertz CT molecular complexity index is 4000. The molecular formula is C65H59FIrN4OSi-2. The summed E-state index contributed by atoms with van der Waals surface area (Å²) in [6, 6.07) is 59.4. The second kappa shape index (κ2) is 20.4. The van der Waals surface area contributed by atoms with Crippen molar-refractivity contribution in [1.29, 1.82) is 0 Å². The number of aromatic nitrogens is 4. The van der Waals surface area contributed by atoms with E-state index in [-0.39, 0.29) is 42.2 Å². The summed E-state index contributed by atoms with van der Waals surface area (Å²) in [6.07, 6.45) is 1.71. The molecule has 0 spiro atoms. The van der Waals surface area contributed by atoms with Gasteiger partial charge in [0.15, 0.2) is 0 Å². The molecule has 0 aliphatic carbocycles. The van der Waals surface area contributed by atoms with Gasteiger partial charge < -0.3 is 14.0 Å². The Kier molecular flexibility index (Phi) is 11.9. The van der Waals surface area contributed by atoms with Crippen LogP contribution in [0.15, 0.2) is 174 Å². The number of furan rings is 1. The normalized spacial score (nSPS) is 13.7. The topological polar surface area (TPSA) is 56.7 Å². The molecule has 8 heteroatoms. The summed E-state index contributed by atoms with van der Waals surface area (Å²) in [4.78, 5) is 14.6. The average Bonchev–Trinajstić information content (AvgIpc) is 4.20. The molecule has 11 rings (SSSR count). The predicted octanol–water partition coefficient (Wildman–Crippen LogP) is 17.1. The number of pyridine rings is 2. The van der Waals surface area contributed by atoms with E-state index in [4.69, 9.17) is 24.0 Å². The van der Waals surface area contributed by atoms with Crippen LogP contribution in [0.3, 0.4) is 0 Å². The first-order valence-electron chi connectivity index (χ1n) is 27.6. The molecule has 0 aliphatic rings. The number of imidazole rings is 1. The van der Waals surface area contributed by atoms with Crippen molar-refractivity contribution < 1.29 is 38.5 Å². The van der Waals surface area contributed by atoms with E-state index >= 15 is 0 Å². The summed E-state index contributed by atoms with van der Waals surface area (Å²) in [5, 5.41) is 2.82. The van der Waals surface area contributed by atoms with Crippen molar-refractivity contribution in [3.63, 3.8) is 0 Å². The molecule has 367 valence electrons. The molecule has 0 saturated heterocycles. The number of aryl methyl sites for hydroxylation is 2. The maximum atomic E-state index is 14.7. The second-order valence-corrected chi connectivity index (χ2v) is 25.5. The van der Waals surface area contributed by atoms with Crippen molar-refractivity contribution in [1.82, 2.24) is 19.5 Å². The fourth-order valence-electron chi connectivity index (χ4n) is 9.26. The van der Waals surface area contributed by atoms with Gasteiger partial charge in [-0.15, -0.1) is 36.4 Å². The largest absolute Gasteiger partial charge is 0.486 e. The van der Waals surface area contributed by atoms with E-state index in [1.807, 2.05) is 36.4 Å². The quantitative estimate of drug-likeness (QED) is 0.112. The van der Waals surface area contributed by atoms with Crippen LogP contribution in [0.1, 0.15) is 72.4 Å². The molecule has 0 unspecified atom stereocenters. The molecule has 0 aliphatic heterocycles. The number of rotatable bonds is 8. The molecule has 0 N–H and O–H groups in total. The van der Waals surface area contributed by atoms with Crippen LogP contribution < -0.4 is 5.19 Å². The van der Waals surface area contributed by atoms with E-state index in [0.29, 0.717) is 28.5 Å². The van der Waals surface area contributed by atoms with Crippen LogP contribution >= 0.6 is 0 Å². The summed E-state index contributed by atoms with van der Waals surface area (Å²) in [5.41, 5.74) is 12.8. The molecule has 0 saturated carbocycles. The van der Waals surface area contributed by atoms with Crippen LogP contribution in [0.5, 0.6) is 0 Å². The maximum Gasteiger partial charge on any atom is 0.216 e. The third-order valence-electron chi connectivity index (χ3n) is 13.1. The Morgan fingerprint density at radius 3 is 1.96 bits per heavy atom. The van der Waals surface area contributed by atoms with E-state index in [1.54, 1.807) is 50.4 Å². The number of fused-ring (bicyclic) bond motifs is 4. The van der Waals surface area contributed by atoms with E-state index < -0.39 is 33.5 Å². The van der Waals surface area contributed by atoms with Gasteiger partial charge in [0.1, 0.15) is 0 Å². The van der Waals surface area contributed by atoms with E-state index in [0.717, 1.165) is 71.6 Å². The molecule has 4 heterocycles. The van der Waals surface area contributed by atoms with E-state index in [2.05, 4.69) is 147 Å². The number of nitrogens with zero attached hydrogens (tertiary/aromatic N) is 4. The van der Waals surface area contributed by atoms with Gasteiger partial charge in [-0.05, 0) is 82.1 Å². The van der Waals surface area contributed by atoms with Gasteiger partial charge in [-0.25, -0.2) is 4.98 Å². The van der Waals surface area contributed by atoms with Crippen LogP contribution in [0.25, 0.3) is 94.9 Å². The van der Waals surface area contributed by atoms with Crippen molar-refractivity contribution in [3.05, 3.63) is 210 Å². The Morgan fingerprint density at radius 2 is 1.33 bits per heavy atom. The maximum absolute atomic E-state index is 14.7. The fourth-order valence-corrected chi connectivity index (χ4v) is 10.8. The Balaban J connectivity index is 0.000000251. The van der Waals surface area contributed by atoms with Crippen LogP contribution in [0.4, 0.5) is 4.39 Å². The molecule has 0 amide bonds. The van der Waals surface area contributed by atoms with Crippen LogP contribution in [-0.2, 0) is 25.5 Å². The molecule has 0 bridgehead atoms.